The third kappa shape index (κ3) is 1.53. The van der Waals surface area contributed by atoms with Crippen molar-refractivity contribution < 1.29 is 9.53 Å². The lowest BCUT2D eigenvalue weighted by molar-refractivity contribution is 0.0416. The number of cyclic esters (lactones) is 1. The number of carbonyl (C=O) groups excluding carboxylic acids is 1. The minimum atomic E-state index is -0.197. The normalized spacial score (nSPS) is 21.1. The van der Waals surface area contributed by atoms with Crippen LogP contribution in [0, 0.1) is 5.92 Å². The lowest BCUT2D eigenvalue weighted by Crippen LogP contribution is -2.09. The Bertz CT molecular complexity index is 660. The van der Waals surface area contributed by atoms with Crippen LogP contribution in [0.4, 0.5) is 0 Å². The molecule has 0 saturated carbocycles. The summed E-state index contributed by atoms with van der Waals surface area (Å²) in [6, 6.07) is 16.1. The number of ether oxygens (including phenoxy) is 1. The highest BCUT2D eigenvalue weighted by molar-refractivity contribution is 5.94. The van der Waals surface area contributed by atoms with Crippen molar-refractivity contribution >= 4 is 5.97 Å². The van der Waals surface area contributed by atoms with Crippen molar-refractivity contribution in [1.82, 2.24) is 0 Å². The second kappa shape index (κ2) is 3.95. The fraction of sp³-hybridized carbons (Fsp3) is 0.176. The lowest BCUT2D eigenvalue weighted by atomic mass is 9.90. The van der Waals surface area contributed by atoms with E-state index in [0.29, 0.717) is 5.56 Å². The molecule has 1 atom stereocenters. The Labute approximate surface area is 112 Å². The molecule has 0 spiro atoms. The van der Waals surface area contributed by atoms with Crippen molar-refractivity contribution in [2.75, 3.05) is 0 Å². The molecule has 2 nitrogen and oxygen atoms in total. The molecule has 0 saturated heterocycles. The van der Waals surface area contributed by atoms with E-state index >= 15 is 0 Å². The van der Waals surface area contributed by atoms with E-state index in [1.165, 1.54) is 17.0 Å². The highest BCUT2D eigenvalue weighted by Gasteiger charge is 2.40. The molecule has 2 heteroatoms. The van der Waals surface area contributed by atoms with Crippen LogP contribution in [0.25, 0.3) is 0 Å². The van der Waals surface area contributed by atoms with Gasteiger partial charge in [-0.15, -0.1) is 0 Å². The molecule has 0 fully saturated rings. The molecular formula is C17H13O2. The number of hydrogen-bond donors (Lipinski definition) is 0. The maximum Gasteiger partial charge on any atom is 0.339 e. The van der Waals surface area contributed by atoms with Gasteiger partial charge in [-0.05, 0) is 30.0 Å². The predicted octanol–water partition coefficient (Wildman–Crippen LogP) is 3.47. The Morgan fingerprint density at radius 1 is 0.895 bits per heavy atom. The Balaban J connectivity index is 1.78. The summed E-state index contributed by atoms with van der Waals surface area (Å²) in [7, 11) is 0. The van der Waals surface area contributed by atoms with Gasteiger partial charge in [-0.25, -0.2) is 4.79 Å². The zero-order chi connectivity index (χ0) is 12.8. The number of esters is 1. The molecule has 19 heavy (non-hydrogen) atoms. The van der Waals surface area contributed by atoms with Crippen molar-refractivity contribution in [2.45, 2.75) is 18.9 Å². The summed E-state index contributed by atoms with van der Waals surface area (Å²) >= 11 is 0. The van der Waals surface area contributed by atoms with Crippen LogP contribution in [0.3, 0.4) is 0 Å². The fourth-order valence-electron chi connectivity index (χ4n) is 3.13. The molecule has 1 unspecified atom stereocenters. The van der Waals surface area contributed by atoms with Gasteiger partial charge in [0, 0.05) is 5.56 Å². The minimum absolute atomic E-state index is 0.188. The number of rotatable bonds is 1. The molecule has 0 amide bonds. The first-order valence-corrected chi connectivity index (χ1v) is 6.58. The zero-order valence-electron chi connectivity index (χ0n) is 10.4. The van der Waals surface area contributed by atoms with Crippen LogP contribution in [0.5, 0.6) is 0 Å². The van der Waals surface area contributed by atoms with Crippen LogP contribution >= 0.6 is 0 Å². The monoisotopic (exact) mass is 249 g/mol. The van der Waals surface area contributed by atoms with Gasteiger partial charge in [-0.1, -0.05) is 42.5 Å². The molecule has 2 aromatic carbocycles. The number of hydrogen-bond acceptors (Lipinski definition) is 2. The summed E-state index contributed by atoms with van der Waals surface area (Å²) in [4.78, 5) is 11.9. The molecule has 0 aromatic heterocycles. The van der Waals surface area contributed by atoms with E-state index in [1.54, 1.807) is 0 Å². The minimum Gasteiger partial charge on any atom is -0.453 e. The van der Waals surface area contributed by atoms with E-state index in [4.69, 9.17) is 4.74 Å². The van der Waals surface area contributed by atoms with Gasteiger partial charge in [0.1, 0.15) is 6.10 Å². The van der Waals surface area contributed by atoms with Crippen LogP contribution in [0.2, 0.25) is 0 Å². The average molecular weight is 249 g/mol. The van der Waals surface area contributed by atoms with E-state index in [9.17, 15) is 4.79 Å². The van der Waals surface area contributed by atoms with Crippen LogP contribution in [-0.4, -0.2) is 5.97 Å². The first kappa shape index (κ1) is 10.8. The summed E-state index contributed by atoms with van der Waals surface area (Å²) in [5.41, 5.74) is 4.35. The summed E-state index contributed by atoms with van der Waals surface area (Å²) in [6.45, 7) is 0. The van der Waals surface area contributed by atoms with Crippen molar-refractivity contribution in [3.05, 3.63) is 76.7 Å². The van der Waals surface area contributed by atoms with Gasteiger partial charge in [0.25, 0.3) is 0 Å². The Hall–Kier alpha value is -2.09. The van der Waals surface area contributed by atoms with Gasteiger partial charge in [0.2, 0.25) is 0 Å². The molecule has 1 aliphatic heterocycles. The fourth-order valence-corrected chi connectivity index (χ4v) is 3.13. The first-order valence-electron chi connectivity index (χ1n) is 6.58. The molecule has 93 valence electrons. The standard InChI is InChI=1S/C17H13O2/c18-17-15-8-4-3-7-13(15)16(19-17)14-10-9-11-5-1-2-6-12(11)14/h1-8,16H,9-10H2. The molecule has 2 aliphatic rings. The SMILES string of the molecule is O=C1OC([C]2CCc3ccccc32)c2ccccc21. The van der Waals surface area contributed by atoms with E-state index in [0.717, 1.165) is 18.4 Å². The Morgan fingerprint density at radius 2 is 1.63 bits per heavy atom. The van der Waals surface area contributed by atoms with E-state index in [2.05, 4.69) is 18.2 Å². The summed E-state index contributed by atoms with van der Waals surface area (Å²) in [6.07, 6.45) is 1.83. The maximum absolute atomic E-state index is 11.9. The third-order valence-electron chi connectivity index (χ3n) is 4.03. The summed E-state index contributed by atoms with van der Waals surface area (Å²) in [5.74, 6) is 1.05. The van der Waals surface area contributed by atoms with Gasteiger partial charge in [-0.2, -0.15) is 0 Å². The highest BCUT2D eigenvalue weighted by Crippen LogP contribution is 2.46. The lowest BCUT2D eigenvalue weighted by Gasteiger charge is -2.18. The van der Waals surface area contributed by atoms with Gasteiger partial charge < -0.3 is 4.74 Å². The van der Waals surface area contributed by atoms with E-state index in [1.807, 2.05) is 30.3 Å². The molecule has 4 rings (SSSR count). The topological polar surface area (TPSA) is 26.3 Å². The second-order valence-electron chi connectivity index (χ2n) is 5.05. The molecule has 0 bridgehead atoms. The molecule has 1 radical (unpaired) electrons. The second-order valence-corrected chi connectivity index (χ2v) is 5.05. The quantitative estimate of drug-likeness (QED) is 0.723. The van der Waals surface area contributed by atoms with Gasteiger partial charge >= 0.3 is 5.97 Å². The maximum atomic E-state index is 11.9. The third-order valence-corrected chi connectivity index (χ3v) is 4.03. The Kier molecular flexibility index (Phi) is 2.25. The van der Waals surface area contributed by atoms with Gasteiger partial charge in [0.15, 0.2) is 0 Å². The number of benzene rings is 2. The summed E-state index contributed by atoms with van der Waals surface area (Å²) in [5, 5.41) is 0. The number of fused-ring (bicyclic) bond motifs is 2. The van der Waals surface area contributed by atoms with Gasteiger partial charge in [-0.3, -0.25) is 0 Å². The molecule has 1 heterocycles. The zero-order valence-corrected chi connectivity index (χ0v) is 10.4. The van der Waals surface area contributed by atoms with E-state index < -0.39 is 0 Å². The Morgan fingerprint density at radius 3 is 2.53 bits per heavy atom. The first-order chi connectivity index (χ1) is 9.34. The number of carbonyl (C=O) groups is 1. The van der Waals surface area contributed by atoms with Gasteiger partial charge in [0.05, 0.1) is 11.5 Å². The van der Waals surface area contributed by atoms with Crippen LogP contribution in [-0.2, 0) is 11.2 Å². The smallest absolute Gasteiger partial charge is 0.339 e. The van der Waals surface area contributed by atoms with Crippen molar-refractivity contribution in [3.63, 3.8) is 0 Å². The van der Waals surface area contributed by atoms with Crippen molar-refractivity contribution in [1.29, 1.82) is 0 Å². The average Bonchev–Trinajstić information content (AvgIpc) is 3.01. The molecular weight excluding hydrogens is 236 g/mol. The van der Waals surface area contributed by atoms with E-state index in [-0.39, 0.29) is 12.1 Å². The molecule has 1 aliphatic carbocycles. The van der Waals surface area contributed by atoms with Crippen LogP contribution in [0.15, 0.2) is 48.5 Å². The molecule has 2 aromatic rings. The van der Waals surface area contributed by atoms with Crippen LogP contribution < -0.4 is 0 Å². The van der Waals surface area contributed by atoms with Crippen LogP contribution in [0.1, 0.15) is 39.6 Å². The largest absolute Gasteiger partial charge is 0.453 e. The highest BCUT2D eigenvalue weighted by atomic mass is 16.5. The van der Waals surface area contributed by atoms with Crippen molar-refractivity contribution in [3.8, 4) is 0 Å². The predicted molar refractivity (Wildman–Crippen MR) is 71.7 cm³/mol. The van der Waals surface area contributed by atoms with Crippen molar-refractivity contribution in [2.24, 2.45) is 0 Å². The number of aryl methyl sites for hydroxylation is 1. The molecule has 0 N–H and O–H groups in total. The summed E-state index contributed by atoms with van der Waals surface area (Å²) < 4.78 is 5.60.